The zero-order chi connectivity index (χ0) is 12.9. The molecule has 1 atom stereocenters. The molecule has 1 aliphatic carbocycles. The second kappa shape index (κ2) is 6.75. The number of hydrogen-bond acceptors (Lipinski definition) is 2. The summed E-state index contributed by atoms with van der Waals surface area (Å²) in [4.78, 5) is 0. The summed E-state index contributed by atoms with van der Waals surface area (Å²) in [5.74, 6) is 1.82. The van der Waals surface area contributed by atoms with Crippen LogP contribution < -0.4 is 0 Å². The largest absolute Gasteiger partial charge is 0.396 e. The molecule has 0 bridgehead atoms. The lowest BCUT2D eigenvalue weighted by atomic mass is 9.69. The van der Waals surface area contributed by atoms with Gasteiger partial charge in [-0.25, -0.2) is 0 Å². The first-order chi connectivity index (χ1) is 8.04. The lowest BCUT2D eigenvalue weighted by Gasteiger charge is -2.38. The molecule has 2 heteroatoms. The normalized spacial score (nSPS) is 20.1. The van der Waals surface area contributed by atoms with Crippen LogP contribution in [0.2, 0.25) is 0 Å². The van der Waals surface area contributed by atoms with Crippen molar-refractivity contribution in [2.75, 3.05) is 13.2 Å². The zero-order valence-corrected chi connectivity index (χ0v) is 11.8. The second-order valence-electron chi connectivity index (χ2n) is 6.60. The summed E-state index contributed by atoms with van der Waals surface area (Å²) >= 11 is 0. The fourth-order valence-electron chi connectivity index (χ4n) is 3.72. The van der Waals surface area contributed by atoms with Crippen LogP contribution in [0.3, 0.4) is 0 Å². The molecule has 0 aromatic heterocycles. The van der Waals surface area contributed by atoms with Crippen LogP contribution in [0.5, 0.6) is 0 Å². The van der Waals surface area contributed by atoms with Crippen molar-refractivity contribution in [1.82, 2.24) is 0 Å². The van der Waals surface area contributed by atoms with Gasteiger partial charge in [0.1, 0.15) is 0 Å². The smallest absolute Gasteiger partial charge is 0.0512 e. The average Bonchev–Trinajstić information content (AvgIpc) is 2.78. The molecule has 0 saturated heterocycles. The van der Waals surface area contributed by atoms with E-state index in [2.05, 4.69) is 20.8 Å². The van der Waals surface area contributed by atoms with Crippen LogP contribution in [0, 0.1) is 23.2 Å². The highest BCUT2D eigenvalue weighted by atomic mass is 16.3. The van der Waals surface area contributed by atoms with Gasteiger partial charge in [-0.3, -0.25) is 0 Å². The van der Waals surface area contributed by atoms with E-state index in [0.717, 1.165) is 6.42 Å². The Labute approximate surface area is 106 Å². The predicted octanol–water partition coefficient (Wildman–Crippen LogP) is 3.22. The van der Waals surface area contributed by atoms with E-state index < -0.39 is 0 Å². The number of hydrogen-bond donors (Lipinski definition) is 2. The van der Waals surface area contributed by atoms with E-state index >= 15 is 0 Å². The Morgan fingerprint density at radius 3 is 2.00 bits per heavy atom. The Morgan fingerprint density at radius 2 is 1.59 bits per heavy atom. The van der Waals surface area contributed by atoms with E-state index in [-0.39, 0.29) is 18.6 Å². The number of aliphatic hydroxyl groups excluding tert-OH is 2. The van der Waals surface area contributed by atoms with Crippen LogP contribution in [0.1, 0.15) is 59.3 Å². The minimum absolute atomic E-state index is 0.149. The molecule has 0 radical (unpaired) electrons. The van der Waals surface area contributed by atoms with Crippen LogP contribution in [-0.4, -0.2) is 23.4 Å². The maximum Gasteiger partial charge on any atom is 0.0512 e. The Balaban J connectivity index is 2.63. The van der Waals surface area contributed by atoms with Gasteiger partial charge in [-0.15, -0.1) is 0 Å². The Kier molecular flexibility index (Phi) is 5.94. The molecule has 17 heavy (non-hydrogen) atoms. The van der Waals surface area contributed by atoms with Crippen LogP contribution in [0.4, 0.5) is 0 Å². The van der Waals surface area contributed by atoms with Gasteiger partial charge < -0.3 is 10.2 Å². The highest BCUT2D eigenvalue weighted by Crippen LogP contribution is 2.44. The van der Waals surface area contributed by atoms with E-state index in [9.17, 15) is 10.2 Å². The first kappa shape index (κ1) is 15.0. The average molecular weight is 242 g/mol. The summed E-state index contributed by atoms with van der Waals surface area (Å²) in [7, 11) is 0. The van der Waals surface area contributed by atoms with Gasteiger partial charge in [0.15, 0.2) is 0 Å². The molecule has 0 aliphatic heterocycles. The van der Waals surface area contributed by atoms with E-state index in [1.54, 1.807) is 0 Å². The third kappa shape index (κ3) is 3.96. The first-order valence-electron chi connectivity index (χ1n) is 7.26. The van der Waals surface area contributed by atoms with E-state index in [1.807, 2.05) is 0 Å². The first-order valence-corrected chi connectivity index (χ1v) is 7.26. The van der Waals surface area contributed by atoms with E-state index in [4.69, 9.17) is 0 Å². The molecule has 1 saturated carbocycles. The van der Waals surface area contributed by atoms with Crippen molar-refractivity contribution in [1.29, 1.82) is 0 Å². The minimum atomic E-state index is -0.217. The summed E-state index contributed by atoms with van der Waals surface area (Å²) in [6, 6.07) is 0. The fourth-order valence-corrected chi connectivity index (χ4v) is 3.72. The topological polar surface area (TPSA) is 40.5 Å². The van der Waals surface area contributed by atoms with Crippen LogP contribution in [0.25, 0.3) is 0 Å². The molecular weight excluding hydrogens is 212 g/mol. The Bertz CT molecular complexity index is 203. The van der Waals surface area contributed by atoms with Gasteiger partial charge in [-0.1, -0.05) is 33.6 Å². The highest BCUT2D eigenvalue weighted by Gasteiger charge is 2.40. The molecular formula is C15H30O2. The molecule has 0 aromatic rings. The second-order valence-corrected chi connectivity index (χ2v) is 6.60. The maximum atomic E-state index is 9.76. The molecule has 0 heterocycles. The monoisotopic (exact) mass is 242 g/mol. The van der Waals surface area contributed by atoms with Crippen molar-refractivity contribution in [3.8, 4) is 0 Å². The highest BCUT2D eigenvalue weighted by molar-refractivity contribution is 4.89. The fraction of sp³-hybridized carbons (Fsp3) is 1.00. The summed E-state index contributed by atoms with van der Waals surface area (Å²) < 4.78 is 0. The summed E-state index contributed by atoms with van der Waals surface area (Å²) in [5, 5.41) is 19.5. The van der Waals surface area contributed by atoms with Gasteiger partial charge in [0.2, 0.25) is 0 Å². The zero-order valence-electron chi connectivity index (χ0n) is 11.8. The Hall–Kier alpha value is -0.0800. The van der Waals surface area contributed by atoms with Gasteiger partial charge in [0.25, 0.3) is 0 Å². The summed E-state index contributed by atoms with van der Waals surface area (Å²) in [6.45, 7) is 7.04. The molecule has 102 valence electrons. The van der Waals surface area contributed by atoms with Gasteiger partial charge >= 0.3 is 0 Å². The molecule has 0 amide bonds. The van der Waals surface area contributed by atoms with E-state index in [0.29, 0.717) is 17.8 Å². The lowest BCUT2D eigenvalue weighted by molar-refractivity contribution is -0.0143. The molecule has 1 aliphatic rings. The van der Waals surface area contributed by atoms with Crippen molar-refractivity contribution in [2.24, 2.45) is 23.2 Å². The van der Waals surface area contributed by atoms with Crippen LogP contribution in [0.15, 0.2) is 0 Å². The molecule has 2 nitrogen and oxygen atoms in total. The van der Waals surface area contributed by atoms with Gasteiger partial charge in [0.05, 0.1) is 13.2 Å². The third-order valence-corrected chi connectivity index (χ3v) is 4.48. The van der Waals surface area contributed by atoms with Gasteiger partial charge in [0, 0.05) is 5.41 Å². The number of rotatable bonds is 7. The SMILES string of the molecule is CC(C)CC(C)CC(CO)(CO)C1CCCC1. The Morgan fingerprint density at radius 1 is 1.06 bits per heavy atom. The third-order valence-electron chi connectivity index (χ3n) is 4.48. The maximum absolute atomic E-state index is 9.76. The molecule has 1 unspecified atom stereocenters. The lowest BCUT2D eigenvalue weighted by Crippen LogP contribution is -2.38. The van der Waals surface area contributed by atoms with Crippen molar-refractivity contribution < 1.29 is 10.2 Å². The van der Waals surface area contributed by atoms with Crippen LogP contribution >= 0.6 is 0 Å². The van der Waals surface area contributed by atoms with Crippen molar-refractivity contribution >= 4 is 0 Å². The molecule has 0 spiro atoms. The molecule has 1 fully saturated rings. The minimum Gasteiger partial charge on any atom is -0.396 e. The standard InChI is InChI=1S/C15H30O2/c1-12(2)8-13(3)9-15(10-16,11-17)14-6-4-5-7-14/h12-14,16-17H,4-11H2,1-3H3. The predicted molar refractivity (Wildman–Crippen MR) is 71.8 cm³/mol. The summed E-state index contributed by atoms with van der Waals surface area (Å²) in [5.41, 5.74) is -0.217. The van der Waals surface area contributed by atoms with Gasteiger partial charge in [-0.2, -0.15) is 0 Å². The van der Waals surface area contributed by atoms with Crippen molar-refractivity contribution in [3.63, 3.8) is 0 Å². The van der Waals surface area contributed by atoms with E-state index in [1.165, 1.54) is 32.1 Å². The molecule has 2 N–H and O–H groups in total. The van der Waals surface area contributed by atoms with Crippen molar-refractivity contribution in [3.05, 3.63) is 0 Å². The summed E-state index contributed by atoms with van der Waals surface area (Å²) in [6.07, 6.45) is 7.08. The van der Waals surface area contributed by atoms with Crippen molar-refractivity contribution in [2.45, 2.75) is 59.3 Å². The molecule has 0 aromatic carbocycles. The van der Waals surface area contributed by atoms with Gasteiger partial charge in [-0.05, 0) is 43.4 Å². The number of aliphatic hydroxyl groups is 2. The quantitative estimate of drug-likeness (QED) is 0.719. The molecule has 1 rings (SSSR count). The van der Waals surface area contributed by atoms with Crippen LogP contribution in [-0.2, 0) is 0 Å².